The molecule has 0 unspecified atom stereocenters. The van der Waals surface area contributed by atoms with Gasteiger partial charge in [-0.05, 0) is 99.3 Å². The van der Waals surface area contributed by atoms with Gasteiger partial charge in [-0.1, -0.05) is 73.2 Å². The van der Waals surface area contributed by atoms with Gasteiger partial charge in [0.05, 0.1) is 0 Å². The summed E-state index contributed by atoms with van der Waals surface area (Å²) >= 11 is 0. The number of hydrogen-bond donors (Lipinski definition) is 0. The van der Waals surface area contributed by atoms with Crippen LogP contribution in [0.15, 0.2) is 36.4 Å². The lowest BCUT2D eigenvalue weighted by Crippen LogP contribution is -2.20. The van der Waals surface area contributed by atoms with Crippen LogP contribution in [0.5, 0.6) is 0 Å². The minimum absolute atomic E-state index is 0.397. The van der Waals surface area contributed by atoms with Gasteiger partial charge < -0.3 is 0 Å². The summed E-state index contributed by atoms with van der Waals surface area (Å²) in [6, 6.07) is 13.7. The summed E-state index contributed by atoms with van der Waals surface area (Å²) < 4.78 is 0. The topological polar surface area (TPSA) is 17.1 Å². The van der Waals surface area contributed by atoms with Crippen LogP contribution < -0.4 is 0 Å². The summed E-state index contributed by atoms with van der Waals surface area (Å²) in [6.45, 7) is 8.82. The molecule has 2 atom stereocenters. The third-order valence-electron chi connectivity index (χ3n) is 8.48. The van der Waals surface area contributed by atoms with Crippen LogP contribution in [0.3, 0.4) is 0 Å². The van der Waals surface area contributed by atoms with E-state index in [0.29, 0.717) is 29.5 Å². The molecule has 2 aliphatic carbocycles. The second-order valence-electron chi connectivity index (χ2n) is 11.0. The maximum Gasteiger partial charge on any atom is 0.134 e. The Bertz CT molecular complexity index is 852. The summed E-state index contributed by atoms with van der Waals surface area (Å²) in [5.74, 6) is 2.62. The van der Waals surface area contributed by atoms with Gasteiger partial charge in [-0.25, -0.2) is 0 Å². The first-order chi connectivity index (χ1) is 15.4. The van der Waals surface area contributed by atoms with Gasteiger partial charge in [0, 0.05) is 12.8 Å². The highest BCUT2D eigenvalue weighted by Gasteiger charge is 2.33. The van der Waals surface area contributed by atoms with Crippen LogP contribution in [0, 0.1) is 39.5 Å². The van der Waals surface area contributed by atoms with Crippen molar-refractivity contribution in [1.29, 1.82) is 0 Å². The number of hydrogen-bond acceptors (Lipinski definition) is 1. The van der Waals surface area contributed by atoms with Gasteiger partial charge in [-0.2, -0.15) is 0 Å². The molecule has 0 heterocycles. The van der Waals surface area contributed by atoms with Crippen LogP contribution >= 0.6 is 0 Å². The lowest BCUT2D eigenvalue weighted by Gasteiger charge is -2.28. The first-order valence-electron chi connectivity index (χ1n) is 13.1. The van der Waals surface area contributed by atoms with Crippen LogP contribution in [0.4, 0.5) is 0 Å². The maximum absolute atomic E-state index is 13.7. The van der Waals surface area contributed by atoms with Gasteiger partial charge in [0.2, 0.25) is 0 Å². The zero-order valence-corrected chi connectivity index (χ0v) is 20.8. The third-order valence-corrected chi connectivity index (χ3v) is 8.48. The molecule has 0 amide bonds. The van der Waals surface area contributed by atoms with Gasteiger partial charge in [0.25, 0.3) is 0 Å². The number of rotatable bonds is 8. The average Bonchev–Trinajstić information content (AvgIpc) is 3.45. The molecular formula is C31H42O. The fourth-order valence-electron chi connectivity index (χ4n) is 6.84. The summed E-state index contributed by atoms with van der Waals surface area (Å²) in [4.78, 5) is 13.7. The van der Waals surface area contributed by atoms with E-state index in [4.69, 9.17) is 0 Å². The van der Waals surface area contributed by atoms with E-state index in [1.807, 2.05) is 0 Å². The second-order valence-corrected chi connectivity index (χ2v) is 11.0. The number of benzene rings is 2. The van der Waals surface area contributed by atoms with Crippen molar-refractivity contribution in [2.75, 3.05) is 0 Å². The molecule has 0 N–H and O–H groups in total. The standard InChI is InChI=1S/C31H42O/c1-21-13-15-28(23(3)17-21)30(25-9-5-6-10-25)19-27(32)20-31(26-11-7-8-12-26)29-16-14-22(2)18-24(29)4/h13-18,25-26,30-31H,5-12,19-20H2,1-4H3/t30-,31+. The molecule has 1 heteroatoms. The molecule has 2 saturated carbocycles. The summed E-state index contributed by atoms with van der Waals surface area (Å²) in [5.41, 5.74) is 8.24. The fraction of sp³-hybridized carbons (Fsp3) is 0.581. The highest BCUT2D eigenvalue weighted by molar-refractivity contribution is 5.80. The van der Waals surface area contributed by atoms with Gasteiger partial charge in [-0.15, -0.1) is 0 Å². The minimum atomic E-state index is 0.397. The Balaban J connectivity index is 1.57. The molecule has 0 aromatic heterocycles. The predicted octanol–water partition coefficient (Wildman–Crippen LogP) is 8.52. The smallest absolute Gasteiger partial charge is 0.134 e. The average molecular weight is 431 g/mol. The molecule has 0 aliphatic heterocycles. The van der Waals surface area contributed by atoms with E-state index >= 15 is 0 Å². The van der Waals surface area contributed by atoms with Crippen molar-refractivity contribution in [3.63, 3.8) is 0 Å². The second kappa shape index (κ2) is 10.4. The van der Waals surface area contributed by atoms with E-state index in [1.165, 1.54) is 84.7 Å². The lowest BCUT2D eigenvalue weighted by molar-refractivity contribution is -0.120. The van der Waals surface area contributed by atoms with E-state index in [-0.39, 0.29) is 0 Å². The zero-order valence-electron chi connectivity index (χ0n) is 20.8. The van der Waals surface area contributed by atoms with Crippen molar-refractivity contribution in [3.05, 3.63) is 69.8 Å². The maximum atomic E-state index is 13.7. The largest absolute Gasteiger partial charge is 0.300 e. The molecule has 2 fully saturated rings. The Morgan fingerprint density at radius 2 is 1.06 bits per heavy atom. The van der Waals surface area contributed by atoms with Crippen LogP contribution in [0.1, 0.15) is 109 Å². The Hall–Kier alpha value is -1.89. The molecule has 0 bridgehead atoms. The Labute approximate surface area is 196 Å². The molecule has 2 aromatic carbocycles. The summed E-state index contributed by atoms with van der Waals surface area (Å²) in [6.07, 6.45) is 11.9. The van der Waals surface area contributed by atoms with Crippen molar-refractivity contribution in [2.45, 2.75) is 104 Å². The lowest BCUT2D eigenvalue weighted by atomic mass is 9.75. The highest BCUT2D eigenvalue weighted by atomic mass is 16.1. The van der Waals surface area contributed by atoms with E-state index in [0.717, 1.165) is 12.8 Å². The number of ketones is 1. The quantitative estimate of drug-likeness (QED) is 0.410. The monoisotopic (exact) mass is 430 g/mol. The normalized spacial score (nSPS) is 19.4. The molecule has 1 nitrogen and oxygen atoms in total. The third kappa shape index (κ3) is 5.36. The van der Waals surface area contributed by atoms with E-state index in [1.54, 1.807) is 0 Å². The van der Waals surface area contributed by atoms with Crippen LogP contribution in [-0.2, 0) is 4.79 Å². The van der Waals surface area contributed by atoms with E-state index in [2.05, 4.69) is 64.1 Å². The first-order valence-corrected chi connectivity index (χ1v) is 13.1. The Morgan fingerprint density at radius 3 is 1.41 bits per heavy atom. The van der Waals surface area contributed by atoms with Gasteiger partial charge >= 0.3 is 0 Å². The summed E-state index contributed by atoms with van der Waals surface area (Å²) in [7, 11) is 0. The molecular weight excluding hydrogens is 388 g/mol. The van der Waals surface area contributed by atoms with Crippen LogP contribution in [0.25, 0.3) is 0 Å². The first kappa shape index (κ1) is 23.3. The van der Waals surface area contributed by atoms with Crippen molar-refractivity contribution >= 4 is 5.78 Å². The fourth-order valence-corrected chi connectivity index (χ4v) is 6.84. The molecule has 172 valence electrons. The molecule has 2 aromatic rings. The van der Waals surface area contributed by atoms with Crippen LogP contribution in [-0.4, -0.2) is 5.78 Å². The number of carbonyl (C=O) groups excluding carboxylic acids is 1. The van der Waals surface area contributed by atoms with E-state index in [9.17, 15) is 4.79 Å². The Kier molecular flexibility index (Phi) is 7.54. The van der Waals surface area contributed by atoms with Gasteiger partial charge in [-0.3, -0.25) is 4.79 Å². The SMILES string of the molecule is Cc1ccc([C@@H](CC(=O)C[C@@H](c2ccc(C)cc2C)C2CCCC2)C2CCCC2)c(C)c1. The molecule has 32 heavy (non-hydrogen) atoms. The van der Waals surface area contributed by atoms with E-state index < -0.39 is 0 Å². The summed E-state index contributed by atoms with van der Waals surface area (Å²) in [5, 5.41) is 0. The van der Waals surface area contributed by atoms with Gasteiger partial charge in [0.15, 0.2) is 0 Å². The van der Waals surface area contributed by atoms with Gasteiger partial charge in [0.1, 0.15) is 5.78 Å². The predicted molar refractivity (Wildman–Crippen MR) is 135 cm³/mol. The number of aryl methyl sites for hydroxylation is 4. The van der Waals surface area contributed by atoms with Crippen LogP contribution in [0.2, 0.25) is 0 Å². The van der Waals surface area contributed by atoms with Crippen molar-refractivity contribution < 1.29 is 4.79 Å². The zero-order chi connectivity index (χ0) is 22.7. The highest BCUT2D eigenvalue weighted by Crippen LogP contribution is 2.44. The van der Waals surface area contributed by atoms with Crippen molar-refractivity contribution in [2.24, 2.45) is 11.8 Å². The molecule has 2 aliphatic rings. The molecule has 0 radical (unpaired) electrons. The van der Waals surface area contributed by atoms with Crippen molar-refractivity contribution in [3.8, 4) is 0 Å². The number of Topliss-reactive ketones (excluding diaryl/α,β-unsaturated/α-hetero) is 1. The minimum Gasteiger partial charge on any atom is -0.300 e. The Morgan fingerprint density at radius 1 is 0.688 bits per heavy atom. The number of carbonyl (C=O) groups is 1. The molecule has 4 rings (SSSR count). The molecule has 0 spiro atoms. The van der Waals surface area contributed by atoms with Crippen molar-refractivity contribution in [1.82, 2.24) is 0 Å². The molecule has 0 saturated heterocycles.